The summed E-state index contributed by atoms with van der Waals surface area (Å²) in [6.07, 6.45) is 15.4. The number of amides is 4. The van der Waals surface area contributed by atoms with Crippen LogP contribution in [0.1, 0.15) is 118 Å². The molecule has 3 fully saturated rings. The van der Waals surface area contributed by atoms with E-state index in [1.54, 1.807) is 30.0 Å². The van der Waals surface area contributed by atoms with Gasteiger partial charge in [0.25, 0.3) is 0 Å². The summed E-state index contributed by atoms with van der Waals surface area (Å²) in [6, 6.07) is 14.4. The zero-order valence-electron chi connectivity index (χ0n) is 46.9. The maximum absolute atomic E-state index is 13.9. The molecule has 0 bridgehead atoms. The molecule has 0 radical (unpaired) electrons. The molecule has 1 aromatic heterocycles. The highest BCUT2D eigenvalue weighted by Crippen LogP contribution is 2.70. The summed E-state index contributed by atoms with van der Waals surface area (Å²) in [4.78, 5) is 55.1. The minimum atomic E-state index is -0.566. The van der Waals surface area contributed by atoms with Crippen LogP contribution < -0.4 is 36.2 Å². The van der Waals surface area contributed by atoms with Gasteiger partial charge < -0.3 is 54.7 Å². The van der Waals surface area contributed by atoms with Crippen molar-refractivity contribution in [2.24, 2.45) is 33.5 Å². The average Bonchev–Trinajstić information content (AvgIpc) is 3.23. The number of fused-ring (bicyclic) bond motifs is 10. The molecule has 79 heavy (non-hydrogen) atoms. The van der Waals surface area contributed by atoms with E-state index in [-0.39, 0.29) is 51.2 Å². The van der Waals surface area contributed by atoms with Gasteiger partial charge in [0.05, 0.1) is 44.4 Å². The number of hydrogen-bond donors (Lipinski definition) is 6. The fourth-order valence-electron chi connectivity index (χ4n) is 13.3. The molecule has 7 atom stereocenters. The Bertz CT molecular complexity index is 3030. The highest BCUT2D eigenvalue weighted by Gasteiger charge is 2.62. The molecule has 4 amide bonds. The number of carbonyl (C=O) groups excluding carboxylic acids is 4. The lowest BCUT2D eigenvalue weighted by Gasteiger charge is -2.65. The summed E-state index contributed by atoms with van der Waals surface area (Å²) in [6.45, 7) is 20.5. The van der Waals surface area contributed by atoms with Gasteiger partial charge >= 0.3 is 12.1 Å². The van der Waals surface area contributed by atoms with Crippen LogP contribution in [0.25, 0.3) is 5.70 Å². The minimum Gasteiger partial charge on any atom is -0.504 e. The number of carbonyl (C=O) groups is 4. The van der Waals surface area contributed by atoms with E-state index in [1.165, 1.54) is 5.57 Å². The zero-order chi connectivity index (χ0) is 55.9. The van der Waals surface area contributed by atoms with Crippen LogP contribution in [0.5, 0.6) is 5.75 Å². The molecule has 0 spiro atoms. The Morgan fingerprint density at radius 1 is 0.861 bits per heavy atom. The number of hydrogen-bond acceptors (Lipinski definition) is 14. The zero-order valence-corrected chi connectivity index (χ0v) is 47.7. The fraction of sp³-hybridized carbons (Fsp3) is 0.525. The van der Waals surface area contributed by atoms with Crippen LogP contribution in [-0.2, 0) is 29.2 Å². The van der Waals surface area contributed by atoms with Crippen molar-refractivity contribution < 1.29 is 47.8 Å². The number of ketones is 1. The summed E-state index contributed by atoms with van der Waals surface area (Å²) in [5, 5.41) is 29.5. The third-order valence-electron chi connectivity index (χ3n) is 18.0. The van der Waals surface area contributed by atoms with Crippen LogP contribution in [0.4, 0.5) is 26.8 Å². The van der Waals surface area contributed by atoms with Crippen molar-refractivity contribution in [2.75, 3.05) is 68.3 Å². The van der Waals surface area contributed by atoms with Gasteiger partial charge in [-0.05, 0) is 134 Å². The predicted molar refractivity (Wildman–Crippen MR) is 304 cm³/mol. The van der Waals surface area contributed by atoms with E-state index in [0.29, 0.717) is 93.0 Å². The predicted octanol–water partition coefficient (Wildman–Crippen LogP) is 11.3. The number of aliphatic hydroxyl groups is 1. The van der Waals surface area contributed by atoms with Crippen molar-refractivity contribution in [1.29, 1.82) is 0 Å². The molecule has 3 saturated carbocycles. The van der Waals surface area contributed by atoms with Gasteiger partial charge in [0, 0.05) is 64.4 Å². The molecule has 18 heteroatoms. The molecule has 3 aromatic rings. The molecule has 7 unspecified atom stereocenters. The van der Waals surface area contributed by atoms with Gasteiger partial charge in [0.15, 0.2) is 17.1 Å². The summed E-state index contributed by atoms with van der Waals surface area (Å²) in [5.74, 6) is 2.04. The van der Waals surface area contributed by atoms with E-state index in [0.717, 1.165) is 77.9 Å². The Balaban J connectivity index is 0.571. The number of aliphatic hydroxyl groups excluding tert-OH is 1. The summed E-state index contributed by atoms with van der Waals surface area (Å²) in [7, 11) is 0. The molecule has 10 rings (SSSR count). The van der Waals surface area contributed by atoms with Gasteiger partial charge in [-0.3, -0.25) is 14.9 Å². The van der Waals surface area contributed by atoms with Crippen LogP contribution >= 0.6 is 11.8 Å². The smallest absolute Gasteiger partial charge is 0.412 e. The van der Waals surface area contributed by atoms with Crippen LogP contribution in [0.3, 0.4) is 0 Å². The van der Waals surface area contributed by atoms with Crippen LogP contribution in [-0.4, -0.2) is 92.3 Å². The maximum Gasteiger partial charge on any atom is 0.412 e. The van der Waals surface area contributed by atoms with Gasteiger partial charge in [-0.15, -0.1) is 0 Å². The SMILES string of the molecule is CC1=C(O)C(=O)C=C2C1=CC=C1C2(C)CCC2C3CC(C)(C(=O)NCCCOCCOCCOCCNC(=O)Oc4ccc5c(c4)SC4NC(c6ccc(NC(=O)Nc7cc(C(C)(C)C)on7)cc6)=CN54)CCC3(C)CCC12C. The Morgan fingerprint density at radius 2 is 1.59 bits per heavy atom. The Hall–Kier alpha value is -6.34. The molecule has 17 nitrogen and oxygen atoms in total. The number of thioether (sulfide) groups is 1. The number of allylic oxidation sites excluding steroid dienone is 7. The molecule has 422 valence electrons. The number of nitrogens with one attached hydrogen (secondary N) is 5. The summed E-state index contributed by atoms with van der Waals surface area (Å²) in [5.41, 5.74) is 6.85. The molecule has 3 heterocycles. The highest BCUT2D eigenvalue weighted by molar-refractivity contribution is 8.00. The van der Waals surface area contributed by atoms with E-state index in [9.17, 15) is 24.3 Å². The second-order valence-corrected chi connectivity index (χ2v) is 25.5. The van der Waals surface area contributed by atoms with Gasteiger partial charge in [0.1, 0.15) is 11.5 Å². The first kappa shape index (κ1) is 56.0. The average molecular weight is 1100 g/mol. The summed E-state index contributed by atoms with van der Waals surface area (Å²) < 4.78 is 28.0. The van der Waals surface area contributed by atoms with Crippen molar-refractivity contribution in [3.05, 3.63) is 112 Å². The van der Waals surface area contributed by atoms with Crippen molar-refractivity contribution in [1.82, 2.24) is 21.1 Å². The Labute approximate surface area is 467 Å². The molecular weight excluding hydrogens is 1020 g/mol. The third-order valence-corrected chi connectivity index (χ3v) is 19.2. The minimum absolute atomic E-state index is 0.0331. The number of benzene rings is 2. The standard InChI is InChI=1S/C61H77N7O10S/c1-37-41-15-17-49-60(7,43(41)33-47(69)52(37)70)19-18-42-44-35-59(6,21-20-58(44,5)22-23-61(42,49)8)53(71)62-24-9-26-74-28-30-76-31-29-75-27-25-63-56(73)77-40-14-16-46-48(32-40)79-55-65-45(36-68(46)55)38-10-12-39(13-11-38)64-54(72)66-51-34-50(78-67-51)57(2,3)4/h10-17,32-34,36,42,44,55,65,70H,9,18-31,35H2,1-8H3,(H,62,71)(H,63,73)(H2,64,66,67,72). The molecule has 2 aliphatic heterocycles. The Morgan fingerprint density at radius 3 is 2.34 bits per heavy atom. The molecular formula is C61H77N7O10S. The second-order valence-electron chi connectivity index (χ2n) is 24.4. The van der Waals surface area contributed by atoms with Gasteiger partial charge in [0.2, 0.25) is 11.7 Å². The third kappa shape index (κ3) is 11.4. The number of aromatic nitrogens is 1. The number of nitrogens with zero attached hydrogens (tertiary/aromatic N) is 2. The van der Waals surface area contributed by atoms with E-state index < -0.39 is 17.5 Å². The first-order chi connectivity index (χ1) is 37.7. The van der Waals surface area contributed by atoms with E-state index in [4.69, 9.17) is 23.5 Å². The normalized spacial score (nSPS) is 27.6. The van der Waals surface area contributed by atoms with Crippen molar-refractivity contribution in [2.45, 2.75) is 123 Å². The molecule has 2 aromatic carbocycles. The van der Waals surface area contributed by atoms with Gasteiger partial charge in [-0.25, -0.2) is 9.59 Å². The lowest BCUT2D eigenvalue weighted by Crippen LogP contribution is -2.57. The van der Waals surface area contributed by atoms with E-state index >= 15 is 0 Å². The second kappa shape index (κ2) is 22.3. The van der Waals surface area contributed by atoms with Crippen molar-refractivity contribution in [3.8, 4) is 5.75 Å². The van der Waals surface area contributed by atoms with Gasteiger partial charge in [-0.1, -0.05) is 95.2 Å². The molecule has 7 aliphatic rings. The fourth-order valence-corrected chi connectivity index (χ4v) is 14.5. The summed E-state index contributed by atoms with van der Waals surface area (Å²) >= 11 is 1.62. The highest BCUT2D eigenvalue weighted by atomic mass is 32.2. The number of anilines is 3. The van der Waals surface area contributed by atoms with E-state index in [1.807, 2.05) is 70.3 Å². The number of urea groups is 1. The Kier molecular flexibility index (Phi) is 15.8. The van der Waals surface area contributed by atoms with Crippen molar-refractivity contribution >= 4 is 58.5 Å². The molecule has 5 aliphatic carbocycles. The van der Waals surface area contributed by atoms with Crippen LogP contribution in [0.15, 0.2) is 110 Å². The largest absolute Gasteiger partial charge is 0.504 e. The maximum atomic E-state index is 13.9. The first-order valence-corrected chi connectivity index (χ1v) is 28.9. The molecule has 6 N–H and O–H groups in total. The number of rotatable bonds is 18. The molecule has 0 saturated heterocycles. The van der Waals surface area contributed by atoms with Crippen LogP contribution in [0.2, 0.25) is 0 Å². The lowest BCUT2D eigenvalue weighted by molar-refractivity contribution is -0.144. The first-order valence-electron chi connectivity index (χ1n) is 28.0. The topological polar surface area (TPSA) is 215 Å². The number of ether oxygens (including phenoxy) is 4. The van der Waals surface area contributed by atoms with Crippen molar-refractivity contribution in [3.63, 3.8) is 0 Å². The van der Waals surface area contributed by atoms with Gasteiger partial charge in [-0.2, -0.15) is 0 Å². The monoisotopic (exact) mass is 1100 g/mol. The van der Waals surface area contributed by atoms with Crippen LogP contribution in [0, 0.1) is 33.5 Å². The van der Waals surface area contributed by atoms with E-state index in [2.05, 4.69) is 76.5 Å². The quantitative estimate of drug-likeness (QED) is 0.0654. The lowest BCUT2D eigenvalue weighted by atomic mass is 9.39.